The van der Waals surface area contributed by atoms with Crippen molar-refractivity contribution < 1.29 is 5.11 Å². The van der Waals surface area contributed by atoms with Gasteiger partial charge < -0.3 is 5.11 Å². The number of fused-ring (bicyclic) bond motifs is 1. The average Bonchev–Trinajstić information content (AvgIpc) is 2.06. The molecule has 4 heteroatoms. The Labute approximate surface area is 80.0 Å². The lowest BCUT2D eigenvalue weighted by Crippen LogP contribution is -1.89. The van der Waals surface area contributed by atoms with Crippen molar-refractivity contribution in [2.24, 2.45) is 0 Å². The third-order valence-electron chi connectivity index (χ3n) is 1.74. The van der Waals surface area contributed by atoms with E-state index in [0.717, 1.165) is 5.52 Å². The van der Waals surface area contributed by atoms with E-state index in [2.05, 4.69) is 9.97 Å². The van der Waals surface area contributed by atoms with Crippen LogP contribution in [0.3, 0.4) is 0 Å². The monoisotopic (exact) mass is 194 g/mol. The average molecular weight is 195 g/mol. The maximum Gasteiger partial charge on any atom is 0.140 e. The Kier molecular flexibility index (Phi) is 1.81. The van der Waals surface area contributed by atoms with Crippen molar-refractivity contribution in [1.82, 2.24) is 9.97 Å². The van der Waals surface area contributed by atoms with Gasteiger partial charge in [-0.3, -0.25) is 0 Å². The third kappa shape index (κ3) is 1.42. The minimum atomic E-state index is 0.168. The number of hydrogen-bond acceptors (Lipinski definition) is 3. The summed E-state index contributed by atoms with van der Waals surface area (Å²) in [6.07, 6.45) is 0. The zero-order chi connectivity index (χ0) is 9.42. The number of hydrogen-bond donors (Lipinski definition) is 1. The molecular formula is C9H7ClN2O. The van der Waals surface area contributed by atoms with Gasteiger partial charge >= 0.3 is 0 Å². The summed E-state index contributed by atoms with van der Waals surface area (Å²) in [5, 5.41) is 10.3. The number of phenolic OH excluding ortho intramolecular Hbond substituents is 1. The number of aryl methyl sites for hydroxylation is 1. The quantitative estimate of drug-likeness (QED) is 0.655. The fourth-order valence-electron chi connectivity index (χ4n) is 1.19. The van der Waals surface area contributed by atoms with Crippen LogP contribution in [0.15, 0.2) is 18.2 Å². The fraction of sp³-hybridized carbons (Fsp3) is 0.111. The highest BCUT2D eigenvalue weighted by atomic mass is 35.5. The summed E-state index contributed by atoms with van der Waals surface area (Å²) in [4.78, 5) is 8.16. The van der Waals surface area contributed by atoms with Crippen LogP contribution < -0.4 is 0 Å². The predicted octanol–water partition coefficient (Wildman–Crippen LogP) is 2.30. The highest BCUT2D eigenvalue weighted by molar-refractivity contribution is 6.34. The number of aromatic hydroxyl groups is 1. The van der Waals surface area contributed by atoms with Gasteiger partial charge in [-0.25, -0.2) is 9.97 Å². The van der Waals surface area contributed by atoms with Crippen molar-refractivity contribution >= 4 is 22.5 Å². The second-order valence-corrected chi connectivity index (χ2v) is 3.12. The van der Waals surface area contributed by atoms with Crippen LogP contribution in [0.1, 0.15) is 5.82 Å². The Balaban J connectivity index is 2.87. The fourth-order valence-corrected chi connectivity index (χ4v) is 1.46. The molecule has 0 aliphatic carbocycles. The van der Waals surface area contributed by atoms with Crippen LogP contribution in [0.5, 0.6) is 5.75 Å². The molecule has 2 rings (SSSR count). The Hall–Kier alpha value is -1.35. The zero-order valence-corrected chi connectivity index (χ0v) is 7.71. The van der Waals surface area contributed by atoms with Crippen molar-refractivity contribution in [1.29, 1.82) is 0 Å². The van der Waals surface area contributed by atoms with E-state index in [9.17, 15) is 5.11 Å². The number of rotatable bonds is 0. The summed E-state index contributed by atoms with van der Waals surface area (Å²) in [6.45, 7) is 1.78. The van der Waals surface area contributed by atoms with Gasteiger partial charge in [0, 0.05) is 5.39 Å². The highest BCUT2D eigenvalue weighted by Crippen LogP contribution is 2.23. The number of benzene rings is 1. The molecule has 0 aliphatic heterocycles. The smallest absolute Gasteiger partial charge is 0.140 e. The molecule has 0 radical (unpaired) electrons. The Morgan fingerprint density at radius 2 is 2.08 bits per heavy atom. The Morgan fingerprint density at radius 3 is 2.85 bits per heavy atom. The molecule has 0 atom stereocenters. The molecule has 0 unspecified atom stereocenters. The van der Waals surface area contributed by atoms with Gasteiger partial charge in [-0.15, -0.1) is 0 Å². The molecule has 0 bridgehead atoms. The normalized spacial score (nSPS) is 10.6. The number of phenols is 1. The minimum absolute atomic E-state index is 0.168. The summed E-state index contributed by atoms with van der Waals surface area (Å²) in [6, 6.07) is 4.84. The maximum absolute atomic E-state index is 9.21. The molecule has 0 saturated heterocycles. The lowest BCUT2D eigenvalue weighted by molar-refractivity contribution is 0.476. The van der Waals surface area contributed by atoms with Crippen LogP contribution >= 0.6 is 11.6 Å². The molecule has 1 N–H and O–H groups in total. The summed E-state index contributed by atoms with van der Waals surface area (Å²) in [5.41, 5.74) is 0.746. The van der Waals surface area contributed by atoms with E-state index < -0.39 is 0 Å². The van der Waals surface area contributed by atoms with E-state index in [4.69, 9.17) is 11.6 Å². The standard InChI is InChI=1S/C9H7ClN2O/c1-5-11-8-3-2-6(13)4-7(8)9(10)12-5/h2-4,13H,1H3. The van der Waals surface area contributed by atoms with Crippen LogP contribution in [-0.2, 0) is 0 Å². The van der Waals surface area contributed by atoms with Crippen molar-refractivity contribution in [3.05, 3.63) is 29.2 Å². The second kappa shape index (κ2) is 2.85. The van der Waals surface area contributed by atoms with Crippen molar-refractivity contribution in [2.45, 2.75) is 6.92 Å². The number of halogens is 1. The van der Waals surface area contributed by atoms with E-state index in [1.807, 2.05) is 0 Å². The van der Waals surface area contributed by atoms with Crippen LogP contribution in [0.4, 0.5) is 0 Å². The first kappa shape index (κ1) is 8.26. The first-order chi connectivity index (χ1) is 6.16. The predicted molar refractivity (Wildman–Crippen MR) is 50.9 cm³/mol. The summed E-state index contributed by atoms with van der Waals surface area (Å²) in [7, 11) is 0. The lowest BCUT2D eigenvalue weighted by atomic mass is 10.2. The van der Waals surface area contributed by atoms with Crippen LogP contribution in [0, 0.1) is 6.92 Å². The van der Waals surface area contributed by atoms with Gasteiger partial charge in [0.15, 0.2) is 0 Å². The van der Waals surface area contributed by atoms with Gasteiger partial charge in [0.1, 0.15) is 16.7 Å². The van der Waals surface area contributed by atoms with Gasteiger partial charge in [0.25, 0.3) is 0 Å². The SMILES string of the molecule is Cc1nc(Cl)c2cc(O)ccc2n1. The molecule has 0 saturated carbocycles. The molecule has 0 aliphatic rings. The number of aromatic nitrogens is 2. The largest absolute Gasteiger partial charge is 0.508 e. The molecular weight excluding hydrogens is 188 g/mol. The summed E-state index contributed by atoms with van der Waals surface area (Å²) in [5.74, 6) is 0.796. The molecule has 0 spiro atoms. The zero-order valence-electron chi connectivity index (χ0n) is 6.95. The van der Waals surface area contributed by atoms with Crippen molar-refractivity contribution in [3.63, 3.8) is 0 Å². The van der Waals surface area contributed by atoms with Crippen LogP contribution in [0.25, 0.3) is 10.9 Å². The van der Waals surface area contributed by atoms with E-state index >= 15 is 0 Å². The van der Waals surface area contributed by atoms with Gasteiger partial charge in [0.2, 0.25) is 0 Å². The van der Waals surface area contributed by atoms with Crippen molar-refractivity contribution in [2.75, 3.05) is 0 Å². The molecule has 66 valence electrons. The summed E-state index contributed by atoms with van der Waals surface area (Å²) < 4.78 is 0. The lowest BCUT2D eigenvalue weighted by Gasteiger charge is -2.00. The molecule has 0 fully saturated rings. The molecule has 3 nitrogen and oxygen atoms in total. The van der Waals surface area contributed by atoms with Gasteiger partial charge in [0.05, 0.1) is 5.52 Å². The van der Waals surface area contributed by atoms with Crippen molar-refractivity contribution in [3.8, 4) is 5.75 Å². The first-order valence-corrected chi connectivity index (χ1v) is 4.17. The van der Waals surface area contributed by atoms with Gasteiger partial charge in [-0.1, -0.05) is 11.6 Å². The van der Waals surface area contributed by atoms with Gasteiger partial charge in [-0.05, 0) is 25.1 Å². The first-order valence-electron chi connectivity index (χ1n) is 3.80. The molecule has 1 aromatic carbocycles. The second-order valence-electron chi connectivity index (χ2n) is 2.76. The summed E-state index contributed by atoms with van der Waals surface area (Å²) >= 11 is 5.87. The maximum atomic E-state index is 9.21. The van der Waals surface area contributed by atoms with E-state index in [0.29, 0.717) is 16.4 Å². The van der Waals surface area contributed by atoms with Crippen LogP contribution in [0.2, 0.25) is 5.15 Å². The molecule has 13 heavy (non-hydrogen) atoms. The third-order valence-corrected chi connectivity index (χ3v) is 2.03. The van der Waals surface area contributed by atoms with E-state index in [1.165, 1.54) is 0 Å². The molecule has 2 aromatic rings. The van der Waals surface area contributed by atoms with E-state index in [1.54, 1.807) is 25.1 Å². The number of nitrogens with zero attached hydrogens (tertiary/aromatic N) is 2. The van der Waals surface area contributed by atoms with Crippen LogP contribution in [-0.4, -0.2) is 15.1 Å². The molecule has 0 amide bonds. The molecule has 1 aromatic heterocycles. The van der Waals surface area contributed by atoms with Gasteiger partial charge in [-0.2, -0.15) is 0 Å². The Bertz CT molecular complexity index is 470. The minimum Gasteiger partial charge on any atom is -0.508 e. The molecule has 1 heterocycles. The topological polar surface area (TPSA) is 46.0 Å². The highest BCUT2D eigenvalue weighted by Gasteiger charge is 2.03. The Morgan fingerprint density at radius 1 is 1.31 bits per heavy atom. The van der Waals surface area contributed by atoms with E-state index in [-0.39, 0.29) is 5.75 Å².